The van der Waals surface area contributed by atoms with Gasteiger partial charge in [0, 0.05) is 41.5 Å². The van der Waals surface area contributed by atoms with Crippen molar-refractivity contribution in [3.8, 4) is 11.3 Å². The van der Waals surface area contributed by atoms with E-state index in [1.54, 1.807) is 24.3 Å². The molecule has 2 N–H and O–H groups in total. The predicted octanol–water partition coefficient (Wildman–Crippen LogP) is 5.23. The van der Waals surface area contributed by atoms with Crippen LogP contribution in [0.15, 0.2) is 42.7 Å². The molecule has 6 rings (SSSR count). The summed E-state index contributed by atoms with van der Waals surface area (Å²) < 4.78 is 31.9. The molecular formula is C29H31F2N7O. The van der Waals surface area contributed by atoms with E-state index in [1.165, 1.54) is 12.3 Å². The molecule has 0 saturated carbocycles. The topological polar surface area (TPSA) is 88.0 Å². The van der Waals surface area contributed by atoms with Crippen LogP contribution in [0.1, 0.15) is 48.8 Å². The average Bonchev–Trinajstić information content (AvgIpc) is 3.51. The molecule has 3 aromatic heterocycles. The number of aryl methyl sites for hydroxylation is 1. The minimum atomic E-state index is -0.658. The molecule has 0 radical (unpaired) electrons. The van der Waals surface area contributed by atoms with Gasteiger partial charge in [0.2, 0.25) is 5.95 Å². The van der Waals surface area contributed by atoms with Crippen LogP contribution in [0, 0.1) is 24.5 Å². The summed E-state index contributed by atoms with van der Waals surface area (Å²) in [6.45, 7) is 8.61. The molecule has 10 heteroatoms. The Morgan fingerprint density at radius 3 is 2.72 bits per heavy atom. The second kappa shape index (κ2) is 10.00. The Morgan fingerprint density at radius 2 is 1.95 bits per heavy atom. The SMILES string of the molecule is Cc1cc2c(F)cc(-c3nc(Nc4ccc(C(=O)N5CCC6CNCCC65)cn4)ncc3F)cc2n1C(C)C. The summed E-state index contributed by atoms with van der Waals surface area (Å²) in [5.74, 6) is -0.0678. The first kappa shape index (κ1) is 25.4. The molecule has 2 unspecified atom stereocenters. The molecule has 0 spiro atoms. The van der Waals surface area contributed by atoms with Crippen LogP contribution in [0.3, 0.4) is 0 Å². The summed E-state index contributed by atoms with van der Waals surface area (Å²) >= 11 is 0. The lowest BCUT2D eigenvalue weighted by Gasteiger charge is -2.32. The number of anilines is 2. The third-order valence-corrected chi connectivity index (χ3v) is 7.85. The predicted molar refractivity (Wildman–Crippen MR) is 146 cm³/mol. The Bertz CT molecular complexity index is 1550. The smallest absolute Gasteiger partial charge is 0.255 e. The molecule has 4 aromatic rings. The lowest BCUT2D eigenvalue weighted by atomic mass is 9.94. The van der Waals surface area contributed by atoms with E-state index in [0.29, 0.717) is 33.8 Å². The lowest BCUT2D eigenvalue weighted by Crippen LogP contribution is -2.45. The van der Waals surface area contributed by atoms with Gasteiger partial charge >= 0.3 is 0 Å². The second-order valence-corrected chi connectivity index (χ2v) is 10.7. The minimum Gasteiger partial charge on any atom is -0.342 e. The monoisotopic (exact) mass is 531 g/mol. The molecule has 202 valence electrons. The van der Waals surface area contributed by atoms with Gasteiger partial charge in [-0.05, 0) is 83.0 Å². The van der Waals surface area contributed by atoms with Gasteiger partial charge in [-0.15, -0.1) is 0 Å². The van der Waals surface area contributed by atoms with Gasteiger partial charge < -0.3 is 20.1 Å². The Kier molecular flexibility index (Phi) is 6.50. The molecule has 1 amide bonds. The van der Waals surface area contributed by atoms with Crippen LogP contribution in [0.5, 0.6) is 0 Å². The maximum absolute atomic E-state index is 15.0. The number of piperidine rings is 1. The van der Waals surface area contributed by atoms with E-state index in [2.05, 4.69) is 25.6 Å². The number of carbonyl (C=O) groups is 1. The molecule has 0 bridgehead atoms. The number of likely N-dealkylation sites (tertiary alicyclic amines) is 1. The Hall–Kier alpha value is -3.92. The number of hydrogen-bond donors (Lipinski definition) is 2. The van der Waals surface area contributed by atoms with Crippen LogP contribution in [-0.2, 0) is 0 Å². The van der Waals surface area contributed by atoms with Crippen molar-refractivity contribution < 1.29 is 13.6 Å². The molecule has 2 aliphatic heterocycles. The Balaban J connectivity index is 1.24. The van der Waals surface area contributed by atoms with Gasteiger partial charge in [0.1, 0.15) is 17.3 Å². The highest BCUT2D eigenvalue weighted by Crippen LogP contribution is 2.33. The van der Waals surface area contributed by atoms with Gasteiger partial charge in [-0.2, -0.15) is 0 Å². The summed E-state index contributed by atoms with van der Waals surface area (Å²) in [5.41, 5.74) is 2.43. The van der Waals surface area contributed by atoms with Crippen molar-refractivity contribution >= 4 is 28.6 Å². The van der Waals surface area contributed by atoms with Crippen molar-refractivity contribution in [2.24, 2.45) is 5.92 Å². The van der Waals surface area contributed by atoms with Crippen LogP contribution in [0.4, 0.5) is 20.5 Å². The van der Waals surface area contributed by atoms with Crippen LogP contribution < -0.4 is 10.6 Å². The maximum Gasteiger partial charge on any atom is 0.255 e. The number of aromatic nitrogens is 4. The largest absolute Gasteiger partial charge is 0.342 e. The van der Waals surface area contributed by atoms with Crippen molar-refractivity contribution in [3.63, 3.8) is 0 Å². The number of carbonyl (C=O) groups excluding carboxylic acids is 1. The molecule has 8 nitrogen and oxygen atoms in total. The van der Waals surface area contributed by atoms with E-state index in [0.717, 1.165) is 44.4 Å². The zero-order valence-corrected chi connectivity index (χ0v) is 22.2. The quantitative estimate of drug-likeness (QED) is 0.367. The second-order valence-electron chi connectivity index (χ2n) is 10.7. The summed E-state index contributed by atoms with van der Waals surface area (Å²) in [4.78, 5) is 27.9. The van der Waals surface area contributed by atoms with Crippen molar-refractivity contribution in [2.45, 2.75) is 45.7 Å². The van der Waals surface area contributed by atoms with Gasteiger partial charge in [0.25, 0.3) is 5.91 Å². The van der Waals surface area contributed by atoms with E-state index < -0.39 is 11.6 Å². The Labute approximate surface area is 225 Å². The summed E-state index contributed by atoms with van der Waals surface area (Å²) in [6, 6.07) is 8.64. The van der Waals surface area contributed by atoms with Crippen molar-refractivity contribution in [1.82, 2.24) is 29.7 Å². The zero-order chi connectivity index (χ0) is 27.3. The van der Waals surface area contributed by atoms with E-state index in [-0.39, 0.29) is 29.6 Å². The molecule has 1 aromatic carbocycles. The number of rotatable bonds is 5. The maximum atomic E-state index is 15.0. The zero-order valence-electron chi connectivity index (χ0n) is 22.2. The molecule has 2 fully saturated rings. The van der Waals surface area contributed by atoms with Crippen LogP contribution in [-0.4, -0.2) is 56.0 Å². The third-order valence-electron chi connectivity index (χ3n) is 7.85. The number of hydrogen-bond acceptors (Lipinski definition) is 6. The normalized spacial score (nSPS) is 19.1. The fraction of sp³-hybridized carbons (Fsp3) is 0.379. The number of benzene rings is 1. The first-order valence-corrected chi connectivity index (χ1v) is 13.4. The van der Waals surface area contributed by atoms with E-state index in [4.69, 9.17) is 0 Å². The van der Waals surface area contributed by atoms with Crippen molar-refractivity contribution in [2.75, 3.05) is 25.0 Å². The highest BCUT2D eigenvalue weighted by molar-refractivity contribution is 5.94. The van der Waals surface area contributed by atoms with E-state index >= 15 is 4.39 Å². The van der Waals surface area contributed by atoms with Gasteiger partial charge in [-0.25, -0.2) is 23.7 Å². The number of amides is 1. The number of halogens is 2. The number of nitrogens with one attached hydrogen (secondary N) is 2. The van der Waals surface area contributed by atoms with E-state index in [9.17, 15) is 9.18 Å². The minimum absolute atomic E-state index is 0.0115. The average molecular weight is 532 g/mol. The summed E-state index contributed by atoms with van der Waals surface area (Å²) in [7, 11) is 0. The fourth-order valence-electron chi connectivity index (χ4n) is 6.08. The summed E-state index contributed by atoms with van der Waals surface area (Å²) in [5, 5.41) is 6.87. The van der Waals surface area contributed by atoms with Crippen LogP contribution in [0.25, 0.3) is 22.2 Å². The third kappa shape index (κ3) is 4.63. The van der Waals surface area contributed by atoms with Gasteiger partial charge in [-0.1, -0.05) is 0 Å². The highest BCUT2D eigenvalue weighted by Gasteiger charge is 2.38. The van der Waals surface area contributed by atoms with Gasteiger partial charge in [0.05, 0.1) is 17.3 Å². The molecular weight excluding hydrogens is 500 g/mol. The molecule has 5 heterocycles. The first-order chi connectivity index (χ1) is 18.8. The fourth-order valence-corrected chi connectivity index (χ4v) is 6.08. The molecule has 39 heavy (non-hydrogen) atoms. The highest BCUT2D eigenvalue weighted by atomic mass is 19.1. The lowest BCUT2D eigenvalue weighted by molar-refractivity contribution is 0.0697. The summed E-state index contributed by atoms with van der Waals surface area (Å²) in [6.07, 6.45) is 4.57. The number of nitrogens with zero attached hydrogens (tertiary/aromatic N) is 5. The van der Waals surface area contributed by atoms with Crippen LogP contribution in [0.2, 0.25) is 0 Å². The molecule has 2 atom stereocenters. The van der Waals surface area contributed by atoms with Gasteiger partial charge in [-0.3, -0.25) is 4.79 Å². The standard InChI is InChI=1S/C29H31F2N7O/c1-16(2)38-17(3)10-21-22(30)11-20(12-25(21)38)27-23(31)15-34-29(36-27)35-26-5-4-19(14-33-26)28(39)37-9-7-18-13-32-8-6-24(18)37/h4-5,10-12,14-16,18,24,32H,6-9,13H2,1-3H3,(H,33,34,35,36). The number of pyridine rings is 1. The van der Waals surface area contributed by atoms with Crippen molar-refractivity contribution in [3.05, 3.63) is 65.6 Å². The Morgan fingerprint density at radius 1 is 1.10 bits per heavy atom. The van der Waals surface area contributed by atoms with Gasteiger partial charge in [0.15, 0.2) is 5.82 Å². The number of fused-ring (bicyclic) bond motifs is 2. The molecule has 0 aliphatic carbocycles. The van der Waals surface area contributed by atoms with Crippen molar-refractivity contribution in [1.29, 1.82) is 0 Å². The van der Waals surface area contributed by atoms with Crippen LogP contribution >= 0.6 is 0 Å². The van der Waals surface area contributed by atoms with E-state index in [1.807, 2.05) is 30.2 Å². The molecule has 2 saturated heterocycles. The molecule has 2 aliphatic rings. The first-order valence-electron chi connectivity index (χ1n) is 13.4.